The van der Waals surface area contributed by atoms with Gasteiger partial charge in [0.15, 0.2) is 0 Å². The van der Waals surface area contributed by atoms with E-state index in [2.05, 4.69) is 35.7 Å². The monoisotopic (exact) mass is 277 g/mol. The Balaban J connectivity index is 1.94. The zero-order valence-electron chi connectivity index (χ0n) is 12.7. The Kier molecular flexibility index (Phi) is 5.17. The van der Waals surface area contributed by atoms with E-state index in [-0.39, 0.29) is 5.84 Å². The smallest absolute Gasteiger partial charge is 0.0918 e. The minimum absolute atomic E-state index is 0.276. The summed E-state index contributed by atoms with van der Waals surface area (Å²) in [4.78, 5) is 2.42. The van der Waals surface area contributed by atoms with Crippen molar-refractivity contribution in [1.29, 1.82) is 5.41 Å². The van der Waals surface area contributed by atoms with Crippen molar-refractivity contribution in [3.63, 3.8) is 0 Å². The molecule has 1 heterocycles. The van der Waals surface area contributed by atoms with E-state index in [1.165, 1.54) is 12.8 Å². The molecule has 3 N–H and O–H groups in total. The van der Waals surface area contributed by atoms with Crippen molar-refractivity contribution in [2.24, 2.45) is 5.73 Å². The van der Waals surface area contributed by atoms with Gasteiger partial charge in [0, 0.05) is 31.7 Å². The number of amidine groups is 1. The predicted octanol–water partition coefficient (Wildman–Crippen LogP) is 2.53. The first-order valence-electron chi connectivity index (χ1n) is 7.75. The number of hydrogen-bond donors (Lipinski definition) is 2. The number of rotatable bonds is 9. The quantitative estimate of drug-likeness (QED) is 0.538. The van der Waals surface area contributed by atoms with Gasteiger partial charge in [-0.3, -0.25) is 15.0 Å². The van der Waals surface area contributed by atoms with Crippen molar-refractivity contribution >= 4 is 5.84 Å². The van der Waals surface area contributed by atoms with Gasteiger partial charge in [-0.2, -0.15) is 5.10 Å². The van der Waals surface area contributed by atoms with Crippen molar-refractivity contribution < 1.29 is 0 Å². The number of nitrogens with two attached hydrogens (primary N) is 1. The van der Waals surface area contributed by atoms with E-state index >= 15 is 0 Å². The summed E-state index contributed by atoms with van der Waals surface area (Å²) in [5.74, 6) is 0.276. The molecule has 0 unspecified atom stereocenters. The molecule has 0 saturated heterocycles. The Hall–Kier alpha value is -1.36. The Bertz CT molecular complexity index is 431. The third-order valence-electron chi connectivity index (χ3n) is 4.08. The molecule has 0 aliphatic heterocycles. The maximum atomic E-state index is 7.37. The average Bonchev–Trinajstić information content (AvgIpc) is 3.17. The zero-order valence-corrected chi connectivity index (χ0v) is 12.7. The normalized spacial score (nSPS) is 15.2. The molecule has 1 aromatic rings. The first-order valence-corrected chi connectivity index (χ1v) is 7.75. The molecular formula is C15H27N5. The van der Waals surface area contributed by atoms with Gasteiger partial charge in [-0.15, -0.1) is 0 Å². The summed E-state index contributed by atoms with van der Waals surface area (Å²) in [5, 5.41) is 12.1. The van der Waals surface area contributed by atoms with Gasteiger partial charge in [0.05, 0.1) is 17.6 Å². The van der Waals surface area contributed by atoms with Crippen LogP contribution in [0.15, 0.2) is 12.3 Å². The van der Waals surface area contributed by atoms with E-state index in [9.17, 15) is 0 Å². The van der Waals surface area contributed by atoms with Crippen LogP contribution < -0.4 is 5.73 Å². The van der Waals surface area contributed by atoms with E-state index < -0.39 is 0 Å². The molecule has 0 amide bonds. The van der Waals surface area contributed by atoms with Crippen molar-refractivity contribution in [2.75, 3.05) is 6.54 Å². The minimum atomic E-state index is 0.276. The molecule has 1 saturated carbocycles. The SMILES string of the molecule is CCC(CC)n1ccc(CN(CCC(=N)N)C2CC2)n1. The molecule has 5 nitrogen and oxygen atoms in total. The Morgan fingerprint density at radius 3 is 2.75 bits per heavy atom. The van der Waals surface area contributed by atoms with Crippen LogP contribution in [0.25, 0.3) is 0 Å². The average molecular weight is 277 g/mol. The van der Waals surface area contributed by atoms with Crippen LogP contribution in [-0.4, -0.2) is 33.1 Å². The van der Waals surface area contributed by atoms with Gasteiger partial charge in [-0.1, -0.05) is 13.8 Å². The van der Waals surface area contributed by atoms with E-state index in [0.29, 0.717) is 18.5 Å². The second-order valence-corrected chi connectivity index (χ2v) is 5.73. The standard InChI is InChI=1S/C15H27N5/c1-3-13(4-2)20-10-7-12(18-20)11-19(14-5-6-14)9-8-15(16)17/h7,10,13-14H,3-6,8-9,11H2,1-2H3,(H3,16,17). The minimum Gasteiger partial charge on any atom is -0.388 e. The van der Waals surface area contributed by atoms with Crippen molar-refractivity contribution in [1.82, 2.24) is 14.7 Å². The van der Waals surface area contributed by atoms with Crippen molar-refractivity contribution in [3.8, 4) is 0 Å². The van der Waals surface area contributed by atoms with E-state index in [1.807, 2.05) is 0 Å². The van der Waals surface area contributed by atoms with Gasteiger partial charge in [0.2, 0.25) is 0 Å². The molecular weight excluding hydrogens is 250 g/mol. The first-order chi connectivity index (χ1) is 9.63. The molecule has 2 rings (SSSR count). The molecule has 0 atom stereocenters. The summed E-state index contributed by atoms with van der Waals surface area (Å²) >= 11 is 0. The maximum Gasteiger partial charge on any atom is 0.0918 e. The molecule has 0 spiro atoms. The predicted molar refractivity (Wildman–Crippen MR) is 81.8 cm³/mol. The van der Waals surface area contributed by atoms with Crippen LogP contribution in [0.4, 0.5) is 0 Å². The Morgan fingerprint density at radius 2 is 2.20 bits per heavy atom. The maximum absolute atomic E-state index is 7.37. The summed E-state index contributed by atoms with van der Waals surface area (Å²) in [7, 11) is 0. The lowest BCUT2D eigenvalue weighted by molar-refractivity contribution is 0.257. The lowest BCUT2D eigenvalue weighted by Gasteiger charge is -2.20. The molecule has 5 heteroatoms. The number of nitrogens with zero attached hydrogens (tertiary/aromatic N) is 3. The van der Waals surface area contributed by atoms with Gasteiger partial charge in [0.25, 0.3) is 0 Å². The van der Waals surface area contributed by atoms with Crippen LogP contribution in [0.5, 0.6) is 0 Å². The highest BCUT2D eigenvalue weighted by Gasteiger charge is 2.29. The second kappa shape index (κ2) is 6.88. The van der Waals surface area contributed by atoms with Crippen LogP contribution in [0, 0.1) is 5.41 Å². The van der Waals surface area contributed by atoms with Crippen LogP contribution in [-0.2, 0) is 6.54 Å². The summed E-state index contributed by atoms with van der Waals surface area (Å²) in [6, 6.07) is 3.31. The second-order valence-electron chi connectivity index (χ2n) is 5.73. The first kappa shape index (κ1) is 15.0. The van der Waals surface area contributed by atoms with Gasteiger partial charge < -0.3 is 5.73 Å². The van der Waals surface area contributed by atoms with E-state index in [4.69, 9.17) is 16.2 Å². The van der Waals surface area contributed by atoms with Crippen molar-refractivity contribution in [3.05, 3.63) is 18.0 Å². The topological polar surface area (TPSA) is 70.9 Å². The van der Waals surface area contributed by atoms with Gasteiger partial charge in [-0.25, -0.2) is 0 Å². The third kappa shape index (κ3) is 4.07. The van der Waals surface area contributed by atoms with E-state index in [1.54, 1.807) is 0 Å². The Morgan fingerprint density at radius 1 is 1.50 bits per heavy atom. The largest absolute Gasteiger partial charge is 0.388 e. The molecule has 0 bridgehead atoms. The Labute approximate surface area is 121 Å². The highest BCUT2D eigenvalue weighted by Crippen LogP contribution is 2.28. The van der Waals surface area contributed by atoms with Crippen LogP contribution >= 0.6 is 0 Å². The van der Waals surface area contributed by atoms with Crippen LogP contribution in [0.2, 0.25) is 0 Å². The van der Waals surface area contributed by atoms with Crippen LogP contribution in [0.3, 0.4) is 0 Å². The third-order valence-corrected chi connectivity index (χ3v) is 4.08. The fraction of sp³-hybridized carbons (Fsp3) is 0.733. The summed E-state index contributed by atoms with van der Waals surface area (Å²) in [6.45, 7) is 6.17. The summed E-state index contributed by atoms with van der Waals surface area (Å²) in [5.41, 5.74) is 6.60. The highest BCUT2D eigenvalue weighted by molar-refractivity contribution is 5.76. The van der Waals surface area contributed by atoms with Gasteiger partial charge in [-0.05, 0) is 31.7 Å². The molecule has 1 aromatic heterocycles. The molecule has 1 fully saturated rings. The molecule has 0 radical (unpaired) electrons. The zero-order chi connectivity index (χ0) is 14.5. The highest BCUT2D eigenvalue weighted by atomic mass is 15.3. The number of hydrogen-bond acceptors (Lipinski definition) is 3. The number of nitrogens with one attached hydrogen (secondary N) is 1. The van der Waals surface area contributed by atoms with Crippen molar-refractivity contribution in [2.45, 2.75) is 64.6 Å². The lowest BCUT2D eigenvalue weighted by atomic mass is 10.2. The number of aromatic nitrogens is 2. The fourth-order valence-corrected chi connectivity index (χ4v) is 2.63. The molecule has 112 valence electrons. The fourth-order valence-electron chi connectivity index (χ4n) is 2.63. The van der Waals surface area contributed by atoms with Gasteiger partial charge in [0.1, 0.15) is 0 Å². The summed E-state index contributed by atoms with van der Waals surface area (Å²) in [6.07, 6.45) is 7.53. The molecule has 20 heavy (non-hydrogen) atoms. The molecule has 1 aliphatic rings. The lowest BCUT2D eigenvalue weighted by Crippen LogP contribution is -2.29. The van der Waals surface area contributed by atoms with Crippen LogP contribution in [0.1, 0.15) is 57.7 Å². The van der Waals surface area contributed by atoms with Gasteiger partial charge >= 0.3 is 0 Å². The molecule has 0 aromatic carbocycles. The summed E-state index contributed by atoms with van der Waals surface area (Å²) < 4.78 is 2.10. The van der Waals surface area contributed by atoms with E-state index in [0.717, 1.165) is 31.6 Å². The molecule has 1 aliphatic carbocycles.